The monoisotopic (exact) mass is 382 g/mol. The number of nitro groups is 1. The number of nitro benzene ring substituents is 1. The number of nitrogens with zero attached hydrogens (tertiary/aromatic N) is 4. The Bertz CT molecular complexity index is 1000. The van der Waals surface area contributed by atoms with E-state index in [1.165, 1.54) is 18.2 Å². The van der Waals surface area contributed by atoms with Crippen molar-refractivity contribution in [3.05, 3.63) is 70.4 Å². The maximum atomic E-state index is 12.0. The van der Waals surface area contributed by atoms with E-state index in [4.69, 9.17) is 4.52 Å². The Labute approximate surface area is 157 Å². The molecule has 0 saturated carbocycles. The van der Waals surface area contributed by atoms with Crippen LogP contribution in [0.4, 0.5) is 5.69 Å². The van der Waals surface area contributed by atoms with E-state index in [0.717, 1.165) is 6.07 Å². The first-order valence-electron chi connectivity index (χ1n) is 8.09. The number of hydrogen-bond donors (Lipinski definition) is 2. The summed E-state index contributed by atoms with van der Waals surface area (Å²) in [7, 11) is 0. The van der Waals surface area contributed by atoms with Crippen LogP contribution in [0.25, 0.3) is 11.4 Å². The van der Waals surface area contributed by atoms with Crippen molar-refractivity contribution in [2.75, 3.05) is 0 Å². The number of aromatic nitrogens is 3. The normalized spacial score (nSPS) is 10.3. The lowest BCUT2D eigenvalue weighted by Crippen LogP contribution is -2.41. The molecule has 0 fully saturated rings. The third-order valence-corrected chi connectivity index (χ3v) is 3.59. The standard InChI is InChI=1S/C17H14N6O5/c24-14(20-21-17(25)11-3-1-5-13(9-11)23(26)27)6-7-15-19-16(22-28-15)12-4-2-8-18-10-12/h1-5,8-10H,6-7H2,(H,20,24)(H,21,25). The van der Waals surface area contributed by atoms with Gasteiger partial charge >= 0.3 is 0 Å². The summed E-state index contributed by atoms with van der Waals surface area (Å²) in [6.07, 6.45) is 3.37. The first-order valence-corrected chi connectivity index (χ1v) is 8.09. The minimum Gasteiger partial charge on any atom is -0.339 e. The van der Waals surface area contributed by atoms with Gasteiger partial charge in [0.1, 0.15) is 0 Å². The van der Waals surface area contributed by atoms with E-state index in [1.54, 1.807) is 24.5 Å². The van der Waals surface area contributed by atoms with E-state index >= 15 is 0 Å². The third-order valence-electron chi connectivity index (χ3n) is 3.59. The molecule has 0 aliphatic heterocycles. The van der Waals surface area contributed by atoms with Crippen LogP contribution in [0.5, 0.6) is 0 Å². The van der Waals surface area contributed by atoms with E-state index in [-0.39, 0.29) is 30.0 Å². The highest BCUT2D eigenvalue weighted by Crippen LogP contribution is 2.14. The van der Waals surface area contributed by atoms with Gasteiger partial charge in [-0.3, -0.25) is 35.5 Å². The first kappa shape index (κ1) is 18.6. The number of aryl methyl sites for hydroxylation is 1. The van der Waals surface area contributed by atoms with Gasteiger partial charge in [0.2, 0.25) is 17.6 Å². The molecule has 2 N–H and O–H groups in total. The van der Waals surface area contributed by atoms with Crippen molar-refractivity contribution in [3.63, 3.8) is 0 Å². The van der Waals surface area contributed by atoms with Crippen molar-refractivity contribution in [1.82, 2.24) is 26.0 Å². The van der Waals surface area contributed by atoms with Gasteiger partial charge in [0.25, 0.3) is 11.6 Å². The van der Waals surface area contributed by atoms with Gasteiger partial charge < -0.3 is 4.52 Å². The van der Waals surface area contributed by atoms with Crippen LogP contribution in [0.15, 0.2) is 53.3 Å². The molecule has 3 aromatic rings. The van der Waals surface area contributed by atoms with E-state index in [1.807, 2.05) is 0 Å². The first-order chi connectivity index (χ1) is 13.5. The summed E-state index contributed by atoms with van der Waals surface area (Å²) in [5, 5.41) is 14.6. The topological polar surface area (TPSA) is 153 Å². The number of rotatable bonds is 6. The molecule has 142 valence electrons. The van der Waals surface area contributed by atoms with Crippen molar-refractivity contribution < 1.29 is 19.0 Å². The molecule has 0 unspecified atom stereocenters. The van der Waals surface area contributed by atoms with Crippen LogP contribution in [-0.4, -0.2) is 31.9 Å². The molecule has 11 nitrogen and oxygen atoms in total. The average molecular weight is 382 g/mol. The van der Waals surface area contributed by atoms with Crippen LogP contribution in [0.1, 0.15) is 22.7 Å². The number of benzene rings is 1. The van der Waals surface area contributed by atoms with Gasteiger partial charge in [-0.2, -0.15) is 4.98 Å². The molecule has 28 heavy (non-hydrogen) atoms. The Kier molecular flexibility index (Phi) is 5.65. The largest absolute Gasteiger partial charge is 0.339 e. The van der Waals surface area contributed by atoms with E-state index in [2.05, 4.69) is 26.0 Å². The molecule has 3 rings (SSSR count). The second-order valence-electron chi connectivity index (χ2n) is 5.56. The predicted octanol–water partition coefficient (Wildman–Crippen LogP) is 1.43. The Balaban J connectivity index is 1.48. The fourth-order valence-corrected chi connectivity index (χ4v) is 2.21. The lowest BCUT2D eigenvalue weighted by atomic mass is 10.2. The van der Waals surface area contributed by atoms with E-state index in [0.29, 0.717) is 11.4 Å². The Morgan fingerprint density at radius 2 is 2.04 bits per heavy atom. The van der Waals surface area contributed by atoms with Crippen molar-refractivity contribution >= 4 is 17.5 Å². The highest BCUT2D eigenvalue weighted by Gasteiger charge is 2.14. The number of amides is 2. The summed E-state index contributed by atoms with van der Waals surface area (Å²) < 4.78 is 5.08. The Morgan fingerprint density at radius 1 is 1.18 bits per heavy atom. The highest BCUT2D eigenvalue weighted by molar-refractivity contribution is 5.95. The summed E-state index contributed by atoms with van der Waals surface area (Å²) in [6, 6.07) is 8.66. The molecule has 0 bridgehead atoms. The van der Waals surface area contributed by atoms with Crippen LogP contribution in [-0.2, 0) is 11.2 Å². The number of carbonyl (C=O) groups is 2. The molecule has 0 radical (unpaired) electrons. The van der Waals surface area contributed by atoms with Crippen LogP contribution in [0, 0.1) is 10.1 Å². The van der Waals surface area contributed by atoms with Crippen molar-refractivity contribution in [2.24, 2.45) is 0 Å². The maximum absolute atomic E-state index is 12.0. The van der Waals surface area contributed by atoms with E-state index in [9.17, 15) is 19.7 Å². The molecule has 2 aromatic heterocycles. The SMILES string of the molecule is O=C(CCc1nc(-c2cccnc2)no1)NNC(=O)c1cccc([N+](=O)[O-])c1. The van der Waals surface area contributed by atoms with Crippen LogP contribution >= 0.6 is 0 Å². The van der Waals surface area contributed by atoms with E-state index < -0.39 is 16.7 Å². The van der Waals surface area contributed by atoms with Crippen molar-refractivity contribution in [3.8, 4) is 11.4 Å². The zero-order valence-electron chi connectivity index (χ0n) is 14.4. The van der Waals surface area contributed by atoms with Crippen LogP contribution in [0.2, 0.25) is 0 Å². The molecule has 1 aromatic carbocycles. The molecule has 2 heterocycles. The number of hydrazine groups is 1. The summed E-state index contributed by atoms with van der Waals surface area (Å²) >= 11 is 0. The number of non-ortho nitro benzene ring substituents is 1. The molecule has 0 aliphatic rings. The lowest BCUT2D eigenvalue weighted by Gasteiger charge is -2.06. The molecule has 0 spiro atoms. The summed E-state index contributed by atoms with van der Waals surface area (Å²) in [6.45, 7) is 0. The van der Waals surface area contributed by atoms with Gasteiger partial charge in [-0.15, -0.1) is 0 Å². The number of carbonyl (C=O) groups excluding carboxylic acids is 2. The summed E-state index contributed by atoms with van der Waals surface area (Å²) in [5.41, 5.74) is 4.94. The second kappa shape index (κ2) is 8.49. The fraction of sp³-hybridized carbons (Fsp3) is 0.118. The maximum Gasteiger partial charge on any atom is 0.270 e. The predicted molar refractivity (Wildman–Crippen MR) is 94.6 cm³/mol. The molecule has 0 aliphatic carbocycles. The fourth-order valence-electron chi connectivity index (χ4n) is 2.21. The van der Waals surface area contributed by atoms with Gasteiger partial charge in [-0.05, 0) is 18.2 Å². The van der Waals surface area contributed by atoms with Crippen LogP contribution in [0.3, 0.4) is 0 Å². The molecular formula is C17H14N6O5. The molecule has 2 amide bonds. The van der Waals surface area contributed by atoms with Crippen molar-refractivity contribution in [1.29, 1.82) is 0 Å². The quantitative estimate of drug-likeness (QED) is 0.479. The second-order valence-corrected chi connectivity index (χ2v) is 5.56. The van der Waals surface area contributed by atoms with Gasteiger partial charge in [0.05, 0.1) is 4.92 Å². The lowest BCUT2D eigenvalue weighted by molar-refractivity contribution is -0.384. The molecule has 11 heteroatoms. The Hall–Kier alpha value is -4.15. The average Bonchev–Trinajstić information content (AvgIpc) is 3.20. The van der Waals surface area contributed by atoms with Gasteiger partial charge in [0.15, 0.2) is 0 Å². The zero-order chi connectivity index (χ0) is 19.9. The van der Waals surface area contributed by atoms with Gasteiger partial charge in [-0.1, -0.05) is 11.2 Å². The zero-order valence-corrected chi connectivity index (χ0v) is 14.4. The number of nitrogens with one attached hydrogen (secondary N) is 2. The summed E-state index contributed by atoms with van der Waals surface area (Å²) in [4.78, 5) is 42.1. The number of hydrogen-bond acceptors (Lipinski definition) is 8. The third kappa shape index (κ3) is 4.72. The minimum absolute atomic E-state index is 0.0100. The number of pyridine rings is 1. The minimum atomic E-state index is -0.672. The molecular weight excluding hydrogens is 368 g/mol. The molecule has 0 atom stereocenters. The van der Waals surface area contributed by atoms with Gasteiger partial charge in [0, 0.05) is 48.5 Å². The highest BCUT2D eigenvalue weighted by atomic mass is 16.6. The summed E-state index contributed by atoms with van der Waals surface area (Å²) in [5.74, 6) is -0.532. The van der Waals surface area contributed by atoms with Crippen LogP contribution < -0.4 is 10.9 Å². The van der Waals surface area contributed by atoms with Crippen molar-refractivity contribution in [2.45, 2.75) is 12.8 Å². The molecule has 0 saturated heterocycles. The van der Waals surface area contributed by atoms with Gasteiger partial charge in [-0.25, -0.2) is 0 Å². The smallest absolute Gasteiger partial charge is 0.270 e. The Morgan fingerprint density at radius 3 is 2.79 bits per heavy atom.